The van der Waals surface area contributed by atoms with Gasteiger partial charge in [-0.2, -0.15) is 0 Å². The van der Waals surface area contributed by atoms with E-state index in [1.165, 1.54) is 0 Å². The van der Waals surface area contributed by atoms with Gasteiger partial charge in [-0.3, -0.25) is 0 Å². The molecule has 0 aromatic heterocycles. The molecule has 2 N–H and O–H groups in total. The van der Waals surface area contributed by atoms with E-state index in [0.29, 0.717) is 25.9 Å². The summed E-state index contributed by atoms with van der Waals surface area (Å²) < 4.78 is 17.7. The van der Waals surface area contributed by atoms with E-state index in [9.17, 15) is 9.59 Å². The molecule has 0 spiro atoms. The van der Waals surface area contributed by atoms with Gasteiger partial charge in [0.1, 0.15) is 11.5 Å². The summed E-state index contributed by atoms with van der Waals surface area (Å²) >= 11 is 0. The molecule has 2 atom stereocenters. The Balaban J connectivity index is 5.10. The van der Waals surface area contributed by atoms with E-state index >= 15 is 0 Å². The maximum absolute atomic E-state index is 11.8. The second-order valence-electron chi connectivity index (χ2n) is 6.97. The van der Waals surface area contributed by atoms with Gasteiger partial charge in [-0.1, -0.05) is 13.8 Å². The first-order valence-corrected chi connectivity index (χ1v) is 15.1. The maximum atomic E-state index is 11.8. The Morgan fingerprint density at radius 3 is 1.32 bits per heavy atom. The topological polar surface area (TPSA) is 85.9 Å². The van der Waals surface area contributed by atoms with Gasteiger partial charge < -0.3 is 24.2 Å². The number of nitrogens with one attached hydrogen (secondary N) is 2. The molecule has 0 aromatic rings. The Kier molecular flexibility index (Phi) is 10.4. The number of hydrogen-bond donors (Lipinski definition) is 2. The molecule has 0 radical (unpaired) electrons. The average molecular weight is 393 g/mol. The van der Waals surface area contributed by atoms with Crippen LogP contribution in [0.5, 0.6) is 0 Å². The highest BCUT2D eigenvalue weighted by Gasteiger charge is 2.45. The van der Waals surface area contributed by atoms with Crippen molar-refractivity contribution in [1.29, 1.82) is 0 Å². The highest BCUT2D eigenvalue weighted by Crippen LogP contribution is 2.26. The van der Waals surface area contributed by atoms with Gasteiger partial charge in [0.05, 0.1) is 0 Å². The lowest BCUT2D eigenvalue weighted by Crippen LogP contribution is -2.59. The molecule has 0 aliphatic heterocycles. The Morgan fingerprint density at radius 1 is 0.760 bits per heavy atom. The summed E-state index contributed by atoms with van der Waals surface area (Å²) in [7, 11) is -4.68. The van der Waals surface area contributed by atoms with Crippen molar-refractivity contribution in [3.8, 4) is 0 Å². The van der Waals surface area contributed by atoms with Crippen LogP contribution in [-0.4, -0.2) is 53.4 Å². The molecule has 7 nitrogen and oxygen atoms in total. The second kappa shape index (κ2) is 10.8. The molecule has 0 aliphatic rings. The molecular weight excluding hydrogens is 356 g/mol. The van der Waals surface area contributed by atoms with Gasteiger partial charge in [-0.15, -0.1) is 0 Å². The summed E-state index contributed by atoms with van der Waals surface area (Å²) in [6.07, 6.45) is 0.552. The number of rotatable bonds is 10. The number of ether oxygens (including phenoxy) is 2. The van der Waals surface area contributed by atoms with Crippen molar-refractivity contribution in [2.75, 3.05) is 13.1 Å². The third-order valence-electron chi connectivity index (χ3n) is 3.96. The predicted molar refractivity (Wildman–Crippen MR) is 105 cm³/mol. The van der Waals surface area contributed by atoms with Crippen LogP contribution in [0.15, 0.2) is 0 Å². The smallest absolute Gasteiger partial charge is 0.407 e. The van der Waals surface area contributed by atoms with E-state index in [4.69, 9.17) is 13.6 Å². The molecule has 0 saturated carbocycles. The standard InChI is InChI=1S/C16H36N2O5Si2/c1-9-13(21-15(19)17-11-3)24(5,6)23-25(7,8)14(10-2)22-16(20)18-12-4/h13-14H,9-12H2,1-8H3,(H,17,19)(H,18,20). The summed E-state index contributed by atoms with van der Waals surface area (Å²) in [5.41, 5.74) is -0.513. The van der Waals surface area contributed by atoms with Crippen molar-refractivity contribution in [2.45, 2.75) is 78.2 Å². The Morgan fingerprint density at radius 2 is 1.08 bits per heavy atom. The van der Waals surface area contributed by atoms with E-state index < -0.39 is 28.8 Å². The molecule has 0 saturated heterocycles. The van der Waals surface area contributed by atoms with Crippen LogP contribution >= 0.6 is 0 Å². The molecule has 2 amide bonds. The molecule has 148 valence electrons. The molecule has 0 fully saturated rings. The van der Waals surface area contributed by atoms with E-state index in [2.05, 4.69) is 10.6 Å². The Labute approximate surface area is 154 Å². The number of amides is 2. The molecule has 0 bridgehead atoms. The molecule has 9 heteroatoms. The maximum Gasteiger partial charge on any atom is 0.407 e. The number of hydrogen-bond acceptors (Lipinski definition) is 5. The Bertz CT molecular complexity index is 395. The molecule has 2 unspecified atom stereocenters. The van der Waals surface area contributed by atoms with Crippen molar-refractivity contribution in [1.82, 2.24) is 10.6 Å². The van der Waals surface area contributed by atoms with Gasteiger partial charge in [0.25, 0.3) is 0 Å². The first-order valence-electron chi connectivity index (χ1n) is 9.13. The SMILES string of the molecule is CCNC(=O)OC(CC)[Si](C)(C)O[Si](C)(C)C(CC)OC(=O)NCC. The fourth-order valence-electron chi connectivity index (χ4n) is 2.87. The van der Waals surface area contributed by atoms with Gasteiger partial charge in [0.2, 0.25) is 16.6 Å². The molecular formula is C16H36N2O5Si2. The summed E-state index contributed by atoms with van der Waals surface area (Å²) in [5, 5.41) is 5.32. The van der Waals surface area contributed by atoms with Gasteiger partial charge >= 0.3 is 12.2 Å². The molecule has 25 heavy (non-hydrogen) atoms. The van der Waals surface area contributed by atoms with Crippen LogP contribution in [0.1, 0.15) is 40.5 Å². The normalized spacial score (nSPS) is 14.4. The number of carbonyl (C=O) groups is 2. The van der Waals surface area contributed by atoms with Crippen molar-refractivity contribution < 1.29 is 23.2 Å². The minimum atomic E-state index is -2.34. The van der Waals surface area contributed by atoms with E-state index in [-0.39, 0.29) is 11.5 Å². The van der Waals surface area contributed by atoms with Gasteiger partial charge in [0.15, 0.2) is 0 Å². The van der Waals surface area contributed by atoms with Crippen LogP contribution in [0.3, 0.4) is 0 Å². The minimum Gasteiger partial charge on any atom is -0.451 e. The molecule has 0 aliphatic carbocycles. The zero-order chi connectivity index (χ0) is 19.7. The summed E-state index contributed by atoms with van der Waals surface area (Å²) in [6.45, 7) is 16.9. The van der Waals surface area contributed by atoms with Crippen LogP contribution in [0.2, 0.25) is 26.2 Å². The fraction of sp³-hybridized carbons (Fsp3) is 0.875. The highest BCUT2D eigenvalue weighted by molar-refractivity contribution is 6.86. The number of alkyl carbamates (subject to hydrolysis) is 2. The Hall–Kier alpha value is -1.07. The lowest BCUT2D eigenvalue weighted by Gasteiger charge is -2.41. The predicted octanol–water partition coefficient (Wildman–Crippen LogP) is 3.54. The first-order chi connectivity index (χ1) is 11.5. The average Bonchev–Trinajstić information content (AvgIpc) is 2.49. The van der Waals surface area contributed by atoms with Crippen molar-refractivity contribution in [3.63, 3.8) is 0 Å². The van der Waals surface area contributed by atoms with Crippen LogP contribution in [0.4, 0.5) is 9.59 Å². The number of carbonyl (C=O) groups excluding carboxylic acids is 2. The minimum absolute atomic E-state index is 0.257. The van der Waals surface area contributed by atoms with Crippen LogP contribution in [-0.2, 0) is 13.6 Å². The lowest BCUT2D eigenvalue weighted by molar-refractivity contribution is 0.113. The largest absolute Gasteiger partial charge is 0.451 e. The van der Waals surface area contributed by atoms with E-state index in [0.717, 1.165) is 0 Å². The summed E-state index contributed by atoms with van der Waals surface area (Å²) in [5.74, 6) is 0. The monoisotopic (exact) mass is 392 g/mol. The van der Waals surface area contributed by atoms with Crippen molar-refractivity contribution in [3.05, 3.63) is 0 Å². The molecule has 0 aromatic carbocycles. The second-order valence-corrected chi connectivity index (χ2v) is 15.5. The molecule has 0 heterocycles. The van der Waals surface area contributed by atoms with E-state index in [1.807, 2.05) is 53.9 Å². The third-order valence-corrected chi connectivity index (χ3v) is 12.3. The van der Waals surface area contributed by atoms with Crippen LogP contribution < -0.4 is 10.6 Å². The van der Waals surface area contributed by atoms with Gasteiger partial charge in [-0.25, -0.2) is 9.59 Å². The summed E-state index contributed by atoms with van der Waals surface area (Å²) in [4.78, 5) is 23.6. The molecule has 0 rings (SSSR count). The van der Waals surface area contributed by atoms with Crippen LogP contribution in [0, 0.1) is 0 Å². The van der Waals surface area contributed by atoms with E-state index in [1.54, 1.807) is 0 Å². The zero-order valence-corrected chi connectivity index (χ0v) is 19.0. The first kappa shape index (κ1) is 23.9. The zero-order valence-electron chi connectivity index (χ0n) is 17.0. The van der Waals surface area contributed by atoms with Crippen molar-refractivity contribution >= 4 is 28.8 Å². The van der Waals surface area contributed by atoms with Crippen molar-refractivity contribution in [2.24, 2.45) is 0 Å². The fourth-order valence-corrected chi connectivity index (χ4v) is 12.1. The van der Waals surface area contributed by atoms with Crippen LogP contribution in [0.25, 0.3) is 0 Å². The highest BCUT2D eigenvalue weighted by atomic mass is 28.4. The quantitative estimate of drug-likeness (QED) is 0.555. The summed E-state index contributed by atoms with van der Waals surface area (Å²) in [6, 6.07) is 0. The lowest BCUT2D eigenvalue weighted by atomic mass is 10.5. The van der Waals surface area contributed by atoms with Gasteiger partial charge in [0, 0.05) is 13.1 Å². The van der Waals surface area contributed by atoms with Gasteiger partial charge in [-0.05, 0) is 52.9 Å². The third kappa shape index (κ3) is 8.24.